The standard InChI is InChI=1S/C35H39F3N6O/c1-4-25-27-12-11-26-29-32(30(38)31(40-26)23-8-5-7-21-9-10-24(37)20(3)28(21)23)41-34(42-33(29)44(27)16-19(2)39-25)45-18-35-13-6-14-43(35)17-22(36)15-35/h5,7-10,19,22,25,27,39H,4,6,11-18H2,1-3H3/t19?,22-,25+,27-,35+/m1/s1. The molecular formula is C35H39F3N6O. The zero-order chi connectivity index (χ0) is 31.0. The van der Waals surface area contributed by atoms with Crippen LogP contribution in [0.2, 0.25) is 0 Å². The maximum atomic E-state index is 17.0. The highest BCUT2D eigenvalue weighted by molar-refractivity contribution is 6.01. The van der Waals surface area contributed by atoms with Gasteiger partial charge in [-0.25, -0.2) is 18.2 Å². The molecule has 8 rings (SSSR count). The topological polar surface area (TPSA) is 66.4 Å². The maximum Gasteiger partial charge on any atom is 0.319 e. The fraction of sp³-hybridized carbons (Fsp3) is 0.514. The Bertz CT molecular complexity index is 1820. The fourth-order valence-electron chi connectivity index (χ4n) is 8.67. The summed E-state index contributed by atoms with van der Waals surface area (Å²) in [5.41, 5.74) is 1.66. The van der Waals surface area contributed by atoms with Crippen LogP contribution in [-0.2, 0) is 6.42 Å². The third-order valence-corrected chi connectivity index (χ3v) is 10.8. The van der Waals surface area contributed by atoms with Crippen molar-refractivity contribution in [3.05, 3.63) is 53.2 Å². The molecule has 0 spiro atoms. The molecule has 1 unspecified atom stereocenters. The van der Waals surface area contributed by atoms with Crippen molar-refractivity contribution < 1.29 is 17.9 Å². The third kappa shape index (κ3) is 4.58. The molecule has 4 aromatic rings. The second-order valence-electron chi connectivity index (χ2n) is 13.6. The summed E-state index contributed by atoms with van der Waals surface area (Å²) in [5.74, 6) is -0.271. The van der Waals surface area contributed by atoms with E-state index in [4.69, 9.17) is 19.7 Å². The number of anilines is 1. The summed E-state index contributed by atoms with van der Waals surface area (Å²) in [5, 5.41) is 5.82. The van der Waals surface area contributed by atoms with E-state index in [0.29, 0.717) is 53.6 Å². The van der Waals surface area contributed by atoms with Gasteiger partial charge in [0.1, 0.15) is 35.6 Å². The number of hydrogen-bond acceptors (Lipinski definition) is 7. The van der Waals surface area contributed by atoms with Crippen LogP contribution in [0.15, 0.2) is 30.3 Å². The molecule has 1 N–H and O–H groups in total. The first-order valence-corrected chi connectivity index (χ1v) is 16.4. The van der Waals surface area contributed by atoms with E-state index in [-0.39, 0.29) is 53.3 Å². The summed E-state index contributed by atoms with van der Waals surface area (Å²) < 4.78 is 52.7. The molecule has 6 heterocycles. The summed E-state index contributed by atoms with van der Waals surface area (Å²) in [7, 11) is 0. The minimum absolute atomic E-state index is 0.100. The minimum Gasteiger partial charge on any atom is -0.461 e. The average Bonchev–Trinajstić information content (AvgIpc) is 3.51. The van der Waals surface area contributed by atoms with E-state index in [1.165, 1.54) is 6.07 Å². The van der Waals surface area contributed by atoms with Crippen LogP contribution < -0.4 is 15.0 Å². The lowest BCUT2D eigenvalue weighted by Gasteiger charge is -2.45. The molecule has 0 bridgehead atoms. The Morgan fingerprint density at radius 1 is 1.09 bits per heavy atom. The van der Waals surface area contributed by atoms with E-state index < -0.39 is 12.0 Å². The number of benzene rings is 2. The van der Waals surface area contributed by atoms with Gasteiger partial charge in [-0.3, -0.25) is 4.90 Å². The molecule has 0 radical (unpaired) electrons. The van der Waals surface area contributed by atoms with E-state index >= 15 is 4.39 Å². The molecule has 3 fully saturated rings. The van der Waals surface area contributed by atoms with Gasteiger partial charge in [0.05, 0.1) is 16.6 Å². The van der Waals surface area contributed by atoms with Crippen molar-refractivity contribution in [1.82, 2.24) is 25.2 Å². The smallest absolute Gasteiger partial charge is 0.319 e. The van der Waals surface area contributed by atoms with Gasteiger partial charge in [0, 0.05) is 43.2 Å². The van der Waals surface area contributed by atoms with Gasteiger partial charge >= 0.3 is 6.01 Å². The molecule has 0 amide bonds. The summed E-state index contributed by atoms with van der Waals surface area (Å²) in [6, 6.07) is 9.39. The normalized spacial score (nSPS) is 28.0. The number of halogens is 3. The monoisotopic (exact) mass is 616 g/mol. The quantitative estimate of drug-likeness (QED) is 0.283. The van der Waals surface area contributed by atoms with Gasteiger partial charge in [0.25, 0.3) is 0 Å². The van der Waals surface area contributed by atoms with Crippen LogP contribution in [0.5, 0.6) is 6.01 Å². The number of aryl methyl sites for hydroxylation is 2. The highest BCUT2D eigenvalue weighted by atomic mass is 19.1. The van der Waals surface area contributed by atoms with Crippen molar-refractivity contribution in [3.8, 4) is 17.3 Å². The van der Waals surface area contributed by atoms with Crippen LogP contribution in [0.3, 0.4) is 0 Å². The highest BCUT2D eigenvalue weighted by Crippen LogP contribution is 2.43. The SMILES string of the molecule is CC[C@@H]1NC(C)CN2c3nc(OC[C@@]45CCCN4C[C@H](F)C5)nc4c(F)c(-c5cccc6ccc(F)c(C)c56)nc(c34)CC[C@H]12. The first-order valence-electron chi connectivity index (χ1n) is 16.4. The number of fused-ring (bicyclic) bond motifs is 4. The van der Waals surface area contributed by atoms with Gasteiger partial charge in [-0.05, 0) is 74.9 Å². The van der Waals surface area contributed by atoms with Gasteiger partial charge in [-0.1, -0.05) is 31.2 Å². The highest BCUT2D eigenvalue weighted by Gasteiger charge is 2.49. The molecule has 4 aliphatic heterocycles. The van der Waals surface area contributed by atoms with Crippen molar-refractivity contribution in [2.24, 2.45) is 0 Å². The molecule has 2 aromatic carbocycles. The molecule has 0 saturated carbocycles. The molecule has 5 atom stereocenters. The van der Waals surface area contributed by atoms with Crippen molar-refractivity contribution >= 4 is 27.5 Å². The fourth-order valence-corrected chi connectivity index (χ4v) is 8.67. The number of nitrogens with one attached hydrogen (secondary N) is 1. The molecular weight excluding hydrogens is 577 g/mol. The van der Waals surface area contributed by atoms with E-state index in [9.17, 15) is 8.78 Å². The van der Waals surface area contributed by atoms with Crippen LogP contribution in [0.25, 0.3) is 32.9 Å². The molecule has 7 nitrogen and oxygen atoms in total. The van der Waals surface area contributed by atoms with Crippen molar-refractivity contribution in [1.29, 1.82) is 0 Å². The second kappa shape index (κ2) is 10.8. The number of pyridine rings is 1. The minimum atomic E-state index is -0.882. The van der Waals surface area contributed by atoms with Gasteiger partial charge in [-0.2, -0.15) is 9.97 Å². The lowest BCUT2D eigenvalue weighted by atomic mass is 9.94. The Labute approximate surface area is 261 Å². The number of hydrogen-bond donors (Lipinski definition) is 1. The largest absolute Gasteiger partial charge is 0.461 e. The Morgan fingerprint density at radius 3 is 2.80 bits per heavy atom. The number of alkyl halides is 1. The van der Waals surface area contributed by atoms with Gasteiger partial charge in [0.2, 0.25) is 0 Å². The summed E-state index contributed by atoms with van der Waals surface area (Å²) in [6.45, 7) is 8.29. The van der Waals surface area contributed by atoms with Gasteiger partial charge < -0.3 is 15.0 Å². The first kappa shape index (κ1) is 28.9. The molecule has 3 saturated heterocycles. The molecule has 0 aliphatic carbocycles. The lowest BCUT2D eigenvalue weighted by Crippen LogP contribution is -2.61. The van der Waals surface area contributed by atoms with Gasteiger partial charge in [0.15, 0.2) is 5.82 Å². The zero-order valence-corrected chi connectivity index (χ0v) is 26.0. The van der Waals surface area contributed by atoms with E-state index in [0.717, 1.165) is 43.3 Å². The molecule has 236 valence electrons. The molecule has 4 aliphatic rings. The summed E-state index contributed by atoms with van der Waals surface area (Å²) >= 11 is 0. The second-order valence-corrected chi connectivity index (χ2v) is 13.6. The van der Waals surface area contributed by atoms with Crippen molar-refractivity contribution in [3.63, 3.8) is 0 Å². The molecule has 45 heavy (non-hydrogen) atoms. The molecule has 10 heteroatoms. The Kier molecular flexibility index (Phi) is 6.94. The van der Waals surface area contributed by atoms with Crippen LogP contribution in [0, 0.1) is 18.6 Å². The predicted octanol–water partition coefficient (Wildman–Crippen LogP) is 6.28. The lowest BCUT2D eigenvalue weighted by molar-refractivity contribution is 0.107. The number of ether oxygens (including phenoxy) is 1. The third-order valence-electron chi connectivity index (χ3n) is 10.8. The van der Waals surface area contributed by atoms with Crippen molar-refractivity contribution in [2.45, 2.75) is 89.1 Å². The number of nitrogens with zero attached hydrogens (tertiary/aromatic N) is 5. The molecule has 2 aromatic heterocycles. The van der Waals surface area contributed by atoms with Crippen molar-refractivity contribution in [2.75, 3.05) is 31.1 Å². The Hall–Kier alpha value is -3.50. The maximum absolute atomic E-state index is 17.0. The number of piperazine rings is 1. The van der Waals surface area contributed by atoms with E-state index in [1.807, 2.05) is 12.1 Å². The zero-order valence-electron chi connectivity index (χ0n) is 26.0. The Morgan fingerprint density at radius 2 is 1.96 bits per heavy atom. The summed E-state index contributed by atoms with van der Waals surface area (Å²) in [6.07, 6.45) is 3.78. The summed E-state index contributed by atoms with van der Waals surface area (Å²) in [4.78, 5) is 19.2. The van der Waals surface area contributed by atoms with Crippen LogP contribution in [0.1, 0.15) is 57.2 Å². The number of aromatic nitrogens is 3. The van der Waals surface area contributed by atoms with Crippen LogP contribution in [-0.4, -0.2) is 75.9 Å². The van der Waals surface area contributed by atoms with Crippen LogP contribution in [0.4, 0.5) is 19.0 Å². The average molecular weight is 617 g/mol. The van der Waals surface area contributed by atoms with Gasteiger partial charge in [-0.15, -0.1) is 0 Å². The van der Waals surface area contributed by atoms with Crippen LogP contribution >= 0.6 is 0 Å². The van der Waals surface area contributed by atoms with E-state index in [2.05, 4.69) is 29.0 Å². The van der Waals surface area contributed by atoms with E-state index in [1.54, 1.807) is 19.1 Å². The predicted molar refractivity (Wildman–Crippen MR) is 170 cm³/mol. The number of rotatable bonds is 5. The first-order chi connectivity index (χ1) is 21.8. The Balaban J connectivity index is 1.32.